The lowest BCUT2D eigenvalue weighted by Gasteiger charge is -2.03. The van der Waals surface area contributed by atoms with E-state index in [1.165, 1.54) is 11.3 Å². The summed E-state index contributed by atoms with van der Waals surface area (Å²) in [6.45, 7) is 2.38. The monoisotopic (exact) mass is 262 g/mol. The van der Waals surface area contributed by atoms with E-state index in [1.54, 1.807) is 18.2 Å². The van der Waals surface area contributed by atoms with E-state index in [0.717, 1.165) is 16.3 Å². The van der Waals surface area contributed by atoms with Crippen molar-refractivity contribution in [1.82, 2.24) is 10.3 Å². The molecule has 0 bridgehead atoms. The van der Waals surface area contributed by atoms with E-state index in [9.17, 15) is 9.90 Å². The fourth-order valence-corrected chi connectivity index (χ4v) is 2.28. The average molecular weight is 262 g/mol. The van der Waals surface area contributed by atoms with Gasteiger partial charge in [0.25, 0.3) is 0 Å². The highest BCUT2D eigenvalue weighted by molar-refractivity contribution is 7.09. The maximum atomic E-state index is 11.7. The van der Waals surface area contributed by atoms with Crippen molar-refractivity contribution >= 4 is 17.2 Å². The molecule has 0 aliphatic rings. The molecule has 0 atom stereocenters. The molecule has 2 N–H and O–H groups in total. The Hall–Kier alpha value is -1.88. The van der Waals surface area contributed by atoms with Gasteiger partial charge < -0.3 is 10.4 Å². The lowest BCUT2D eigenvalue weighted by molar-refractivity contribution is -0.120. The number of carbonyl (C=O) groups excluding carboxylic acids is 1. The van der Waals surface area contributed by atoms with Crippen LogP contribution in [-0.2, 0) is 17.8 Å². The van der Waals surface area contributed by atoms with Crippen molar-refractivity contribution in [3.63, 3.8) is 0 Å². The number of hydrogen-bond acceptors (Lipinski definition) is 4. The first-order chi connectivity index (χ1) is 8.63. The first kappa shape index (κ1) is 12.6. The average Bonchev–Trinajstić information content (AvgIpc) is 2.73. The number of nitrogens with zero attached hydrogens (tertiary/aromatic N) is 1. The van der Waals surface area contributed by atoms with Crippen LogP contribution in [0.2, 0.25) is 0 Å². The fraction of sp³-hybridized carbons (Fsp3) is 0.231. The van der Waals surface area contributed by atoms with E-state index in [4.69, 9.17) is 0 Å². The molecular weight excluding hydrogens is 248 g/mol. The number of aromatic nitrogens is 1. The van der Waals surface area contributed by atoms with Gasteiger partial charge in [0, 0.05) is 11.1 Å². The van der Waals surface area contributed by atoms with Gasteiger partial charge in [-0.05, 0) is 24.6 Å². The third kappa shape index (κ3) is 3.56. The summed E-state index contributed by atoms with van der Waals surface area (Å²) in [7, 11) is 0. The SMILES string of the molecule is Cc1csc(CNC(=O)Cc2cccc(O)c2)n1. The molecule has 1 amide bonds. The molecule has 94 valence electrons. The van der Waals surface area contributed by atoms with Gasteiger partial charge in [0.2, 0.25) is 5.91 Å². The van der Waals surface area contributed by atoms with Gasteiger partial charge in [-0.2, -0.15) is 0 Å². The number of aryl methyl sites for hydroxylation is 1. The third-order valence-electron chi connectivity index (χ3n) is 2.38. The number of hydrogen-bond donors (Lipinski definition) is 2. The molecule has 1 heterocycles. The van der Waals surface area contributed by atoms with Crippen LogP contribution in [0.4, 0.5) is 0 Å². The van der Waals surface area contributed by atoms with Crippen LogP contribution in [0.5, 0.6) is 5.75 Å². The molecule has 18 heavy (non-hydrogen) atoms. The maximum Gasteiger partial charge on any atom is 0.224 e. The van der Waals surface area contributed by atoms with E-state index in [0.29, 0.717) is 6.54 Å². The second-order valence-corrected chi connectivity index (χ2v) is 4.95. The molecule has 0 fully saturated rings. The Balaban J connectivity index is 1.85. The zero-order chi connectivity index (χ0) is 13.0. The van der Waals surface area contributed by atoms with Gasteiger partial charge in [0.1, 0.15) is 10.8 Å². The Labute approximate surface area is 109 Å². The number of amides is 1. The molecule has 0 saturated carbocycles. The van der Waals surface area contributed by atoms with Crippen LogP contribution in [0.3, 0.4) is 0 Å². The van der Waals surface area contributed by atoms with Crippen LogP contribution in [0, 0.1) is 6.92 Å². The quantitative estimate of drug-likeness (QED) is 0.886. The van der Waals surface area contributed by atoms with E-state index >= 15 is 0 Å². The molecule has 5 heteroatoms. The molecular formula is C13H14N2O2S. The summed E-state index contributed by atoms with van der Waals surface area (Å²) in [6.07, 6.45) is 0.263. The highest BCUT2D eigenvalue weighted by Crippen LogP contribution is 2.11. The first-order valence-electron chi connectivity index (χ1n) is 5.59. The van der Waals surface area contributed by atoms with Gasteiger partial charge in [0.15, 0.2) is 0 Å². The molecule has 1 aromatic heterocycles. The van der Waals surface area contributed by atoms with Crippen molar-refractivity contribution < 1.29 is 9.90 Å². The van der Waals surface area contributed by atoms with Crippen LogP contribution >= 0.6 is 11.3 Å². The Bertz CT molecular complexity index is 551. The summed E-state index contributed by atoms with van der Waals surface area (Å²) >= 11 is 1.53. The van der Waals surface area contributed by atoms with Gasteiger partial charge in [-0.1, -0.05) is 12.1 Å². The highest BCUT2D eigenvalue weighted by Gasteiger charge is 2.05. The smallest absolute Gasteiger partial charge is 0.224 e. The fourth-order valence-electron chi connectivity index (χ4n) is 1.57. The number of rotatable bonds is 4. The summed E-state index contributed by atoms with van der Waals surface area (Å²) in [6, 6.07) is 6.71. The van der Waals surface area contributed by atoms with Crippen LogP contribution in [-0.4, -0.2) is 16.0 Å². The van der Waals surface area contributed by atoms with Crippen molar-refractivity contribution in [1.29, 1.82) is 0 Å². The molecule has 0 aliphatic heterocycles. The zero-order valence-corrected chi connectivity index (χ0v) is 10.8. The minimum absolute atomic E-state index is 0.0755. The van der Waals surface area contributed by atoms with E-state index in [1.807, 2.05) is 18.4 Å². The van der Waals surface area contributed by atoms with Crippen molar-refractivity contribution in [2.75, 3.05) is 0 Å². The number of phenolic OH excluding ortho intramolecular Hbond substituents is 1. The molecule has 0 aliphatic carbocycles. The Morgan fingerprint density at radius 3 is 3.00 bits per heavy atom. The predicted octanol–water partition coefficient (Wildman–Crippen LogP) is 2.02. The standard InChI is InChI=1S/C13H14N2O2S/c1-9-8-18-13(15-9)7-14-12(17)6-10-3-2-4-11(16)5-10/h2-5,8,16H,6-7H2,1H3,(H,14,17). The lowest BCUT2D eigenvalue weighted by Crippen LogP contribution is -2.24. The number of phenols is 1. The Morgan fingerprint density at radius 2 is 2.33 bits per heavy atom. The van der Waals surface area contributed by atoms with E-state index in [-0.39, 0.29) is 18.1 Å². The Kier molecular flexibility index (Phi) is 3.94. The predicted molar refractivity (Wildman–Crippen MR) is 70.5 cm³/mol. The molecule has 0 unspecified atom stereocenters. The molecule has 0 spiro atoms. The topological polar surface area (TPSA) is 62.2 Å². The summed E-state index contributed by atoms with van der Waals surface area (Å²) < 4.78 is 0. The van der Waals surface area contributed by atoms with Crippen molar-refractivity contribution in [2.45, 2.75) is 19.9 Å². The van der Waals surface area contributed by atoms with E-state index in [2.05, 4.69) is 10.3 Å². The third-order valence-corrected chi connectivity index (χ3v) is 3.35. The van der Waals surface area contributed by atoms with Crippen LogP contribution in [0.25, 0.3) is 0 Å². The number of aromatic hydroxyl groups is 1. The largest absolute Gasteiger partial charge is 0.508 e. The highest BCUT2D eigenvalue weighted by atomic mass is 32.1. The summed E-state index contributed by atoms with van der Waals surface area (Å²) in [4.78, 5) is 16.0. The number of nitrogens with one attached hydrogen (secondary N) is 1. The minimum atomic E-state index is -0.0755. The number of carbonyl (C=O) groups is 1. The van der Waals surface area contributed by atoms with Gasteiger partial charge in [-0.15, -0.1) is 11.3 Å². The summed E-state index contributed by atoms with van der Waals surface area (Å²) in [5.41, 5.74) is 1.76. The maximum absolute atomic E-state index is 11.7. The summed E-state index contributed by atoms with van der Waals surface area (Å²) in [5.74, 6) is 0.101. The number of thiazole rings is 1. The molecule has 4 nitrogen and oxygen atoms in total. The van der Waals surface area contributed by atoms with Crippen molar-refractivity contribution in [3.05, 3.63) is 45.9 Å². The van der Waals surface area contributed by atoms with Gasteiger partial charge in [-0.3, -0.25) is 4.79 Å². The molecule has 2 rings (SSSR count). The second kappa shape index (κ2) is 5.64. The van der Waals surface area contributed by atoms with Crippen molar-refractivity contribution in [2.24, 2.45) is 0 Å². The first-order valence-corrected chi connectivity index (χ1v) is 6.47. The molecule has 0 radical (unpaired) electrons. The van der Waals surface area contributed by atoms with Gasteiger partial charge in [0.05, 0.1) is 13.0 Å². The van der Waals surface area contributed by atoms with Crippen molar-refractivity contribution in [3.8, 4) is 5.75 Å². The molecule has 2 aromatic rings. The minimum Gasteiger partial charge on any atom is -0.508 e. The number of benzene rings is 1. The second-order valence-electron chi connectivity index (χ2n) is 4.01. The zero-order valence-electron chi connectivity index (χ0n) is 10.0. The lowest BCUT2D eigenvalue weighted by atomic mass is 10.1. The summed E-state index contributed by atoms with van der Waals surface area (Å²) in [5, 5.41) is 15.0. The van der Waals surface area contributed by atoms with Gasteiger partial charge >= 0.3 is 0 Å². The normalized spacial score (nSPS) is 10.3. The molecule has 0 saturated heterocycles. The van der Waals surface area contributed by atoms with E-state index < -0.39 is 0 Å². The molecule has 1 aromatic carbocycles. The van der Waals surface area contributed by atoms with Crippen LogP contribution in [0.15, 0.2) is 29.6 Å². The van der Waals surface area contributed by atoms with Gasteiger partial charge in [-0.25, -0.2) is 4.98 Å². The Morgan fingerprint density at radius 1 is 1.50 bits per heavy atom. The van der Waals surface area contributed by atoms with Crippen LogP contribution in [0.1, 0.15) is 16.3 Å². The van der Waals surface area contributed by atoms with Crippen LogP contribution < -0.4 is 5.32 Å².